The molecule has 0 heterocycles. The van der Waals surface area contributed by atoms with Crippen molar-refractivity contribution in [1.82, 2.24) is 0 Å². The molecule has 0 aliphatic rings. The molecule has 0 aromatic heterocycles. The Labute approximate surface area is 84.2 Å². The van der Waals surface area contributed by atoms with Crippen molar-refractivity contribution in [2.45, 2.75) is 5.25 Å². The van der Waals surface area contributed by atoms with Crippen molar-refractivity contribution >= 4 is 9.84 Å². The van der Waals surface area contributed by atoms with Crippen molar-refractivity contribution < 1.29 is 38.3 Å². The number of hydrogen-bond donors (Lipinski definition) is 1. The van der Waals surface area contributed by atoms with Crippen LogP contribution < -0.4 is 5.73 Å². The average molecular weight is 368 g/mol. The van der Waals surface area contributed by atoms with Crippen molar-refractivity contribution in [2.24, 2.45) is 5.73 Å². The van der Waals surface area contributed by atoms with Crippen LogP contribution in [-0.4, -0.2) is 26.5 Å². The molecule has 0 amide bonds. The van der Waals surface area contributed by atoms with E-state index in [1.807, 2.05) is 0 Å². The summed E-state index contributed by atoms with van der Waals surface area (Å²) in [5, 5.41) is -3.92. The first-order valence-electron chi connectivity index (χ1n) is 2.68. The molecule has 72 valence electrons. The molecule has 2 N–H and O–H groups in total. The van der Waals surface area contributed by atoms with Crippen LogP contribution in [-0.2, 0) is 30.9 Å². The van der Waals surface area contributed by atoms with Gasteiger partial charge in [0.05, 0.1) is 0 Å². The first-order chi connectivity index (χ1) is 4.81. The molecule has 0 aromatic carbocycles. The van der Waals surface area contributed by atoms with Crippen molar-refractivity contribution in [1.29, 1.82) is 0 Å². The Morgan fingerprint density at radius 2 is 2.00 bits per heavy atom. The topological polar surface area (TPSA) is 60.2 Å². The fourth-order valence-corrected chi connectivity index (χ4v) is 0.582. The third kappa shape index (κ3) is 4.28. The number of alkyl halides is 2. The summed E-state index contributed by atoms with van der Waals surface area (Å²) in [7, 11) is -4.41. The van der Waals surface area contributed by atoms with E-state index in [-0.39, 0.29) is 27.6 Å². The summed E-state index contributed by atoms with van der Waals surface area (Å²) < 4.78 is 45.2. The monoisotopic (exact) mass is 368 g/mol. The van der Waals surface area contributed by atoms with Crippen LogP contribution in [0, 0.1) is 6.08 Å². The second-order valence-corrected chi connectivity index (χ2v) is 3.93. The third-order valence-electron chi connectivity index (χ3n) is 0.854. The van der Waals surface area contributed by atoms with Crippen LogP contribution in [0.5, 0.6) is 0 Å². The van der Waals surface area contributed by atoms with Gasteiger partial charge in [-0.25, -0.2) is 17.2 Å². The Bertz CT molecular complexity index is 250. The minimum Gasteiger partial charge on any atom is -0.410 e. The maximum absolute atomic E-state index is 12.3. The van der Waals surface area contributed by atoms with E-state index in [9.17, 15) is 17.2 Å². The smallest absolute Gasteiger partial charge is 0.226 e. The van der Waals surface area contributed by atoms with E-state index in [1.165, 1.54) is 6.08 Å². The summed E-state index contributed by atoms with van der Waals surface area (Å²) in [5.41, 5.74) is 4.83. The summed E-state index contributed by atoms with van der Waals surface area (Å²) >= 11 is 0. The quantitative estimate of drug-likeness (QED) is 0.711. The van der Waals surface area contributed by atoms with Gasteiger partial charge in [0, 0.05) is 27.3 Å². The summed E-state index contributed by atoms with van der Waals surface area (Å²) in [6, 6.07) is 0. The van der Waals surface area contributed by atoms with E-state index < -0.39 is 15.1 Å². The van der Waals surface area contributed by atoms with E-state index in [0.717, 1.165) is 6.08 Å². The van der Waals surface area contributed by atoms with Gasteiger partial charge in [0.1, 0.15) is 0 Å². The summed E-state index contributed by atoms with van der Waals surface area (Å²) in [5.74, 6) is 0. The molecule has 3 nitrogen and oxygen atoms in total. The van der Waals surface area contributed by atoms with Crippen LogP contribution in [0.4, 0.5) is 8.78 Å². The van der Waals surface area contributed by atoms with Gasteiger partial charge in [0.25, 0.3) is 0 Å². The third-order valence-corrected chi connectivity index (χ3v) is 1.90. The number of halogens is 2. The fourth-order valence-electron chi connectivity index (χ4n) is 0.285. The number of hydrogen-bond acceptors (Lipinski definition) is 3. The van der Waals surface area contributed by atoms with Crippen LogP contribution >= 0.6 is 0 Å². The minimum absolute atomic E-state index is 0. The molecule has 0 radical (unpaired) electrons. The second-order valence-electron chi connectivity index (χ2n) is 1.87. The predicted octanol–water partition coefficient (Wildman–Crippen LogP) is -0.0606. The molecule has 0 rings (SSSR count). The van der Waals surface area contributed by atoms with Gasteiger partial charge in [-0.2, -0.15) is 0 Å². The van der Waals surface area contributed by atoms with Gasteiger partial charge >= 0.3 is 0 Å². The average Bonchev–Trinajstić information content (AvgIpc) is 1.81. The largest absolute Gasteiger partial charge is 0.410 e. The Hall–Kier alpha value is 0.198. The van der Waals surface area contributed by atoms with E-state index in [1.54, 1.807) is 0 Å². The maximum atomic E-state index is 12.3. The molecular formula is C5H8F2NO2SW-. The van der Waals surface area contributed by atoms with Gasteiger partial charge in [0.2, 0.25) is 5.25 Å². The molecule has 12 heavy (non-hydrogen) atoms. The normalized spacial score (nSPS) is 13.0. The minimum atomic E-state index is -4.41. The number of sulfone groups is 1. The maximum Gasteiger partial charge on any atom is 0.226 e. The standard InChI is InChI=1S/C5H8F2NO2S.W/c1-11(9,10)5(6,7)3-2-4-8;/h2H,4,8H2,1H3;/q-1;. The Balaban J connectivity index is 0. The van der Waals surface area contributed by atoms with Crippen molar-refractivity contribution in [3.63, 3.8) is 0 Å². The van der Waals surface area contributed by atoms with Crippen molar-refractivity contribution in [3.8, 4) is 0 Å². The molecule has 0 atom stereocenters. The molecule has 0 saturated heterocycles. The van der Waals surface area contributed by atoms with Gasteiger partial charge in [-0.15, -0.1) is 0 Å². The molecule has 7 heteroatoms. The van der Waals surface area contributed by atoms with E-state index in [4.69, 9.17) is 5.73 Å². The van der Waals surface area contributed by atoms with Crippen LogP contribution in [0.15, 0.2) is 6.08 Å². The van der Waals surface area contributed by atoms with Crippen LogP contribution in [0.3, 0.4) is 0 Å². The Morgan fingerprint density at radius 3 is 2.25 bits per heavy atom. The van der Waals surface area contributed by atoms with Crippen LogP contribution in [0.2, 0.25) is 0 Å². The summed E-state index contributed by atoms with van der Waals surface area (Å²) in [6.07, 6.45) is 2.59. The van der Waals surface area contributed by atoms with Gasteiger partial charge in [-0.3, -0.25) is 6.08 Å². The van der Waals surface area contributed by atoms with E-state index in [2.05, 4.69) is 0 Å². The molecule has 0 aliphatic heterocycles. The Kier molecular flexibility index (Phi) is 6.18. The predicted molar refractivity (Wildman–Crippen MR) is 36.7 cm³/mol. The second kappa shape index (κ2) is 5.04. The molecular weight excluding hydrogens is 360 g/mol. The summed E-state index contributed by atoms with van der Waals surface area (Å²) in [4.78, 5) is 0. The molecule has 0 unspecified atom stereocenters. The molecule has 0 spiro atoms. The molecule has 0 aromatic rings. The molecule has 0 saturated carbocycles. The molecule has 0 fully saturated rings. The van der Waals surface area contributed by atoms with Crippen LogP contribution in [0.1, 0.15) is 0 Å². The van der Waals surface area contributed by atoms with Crippen molar-refractivity contribution in [2.75, 3.05) is 12.8 Å². The van der Waals surface area contributed by atoms with E-state index in [0.29, 0.717) is 6.26 Å². The Morgan fingerprint density at radius 1 is 1.58 bits per heavy atom. The summed E-state index contributed by atoms with van der Waals surface area (Å²) in [6.45, 7) is -0.162. The van der Waals surface area contributed by atoms with Crippen molar-refractivity contribution in [3.05, 3.63) is 12.2 Å². The first kappa shape index (κ1) is 14.7. The fraction of sp³-hybridized carbons (Fsp3) is 0.600. The van der Waals surface area contributed by atoms with Gasteiger partial charge in [-0.05, 0) is 6.54 Å². The number of rotatable bonds is 3. The van der Waals surface area contributed by atoms with E-state index >= 15 is 0 Å². The van der Waals surface area contributed by atoms with Gasteiger partial charge < -0.3 is 11.8 Å². The number of nitrogens with two attached hydrogens (primary N) is 1. The van der Waals surface area contributed by atoms with Crippen LogP contribution in [0.25, 0.3) is 0 Å². The first-order valence-corrected chi connectivity index (χ1v) is 4.57. The van der Waals surface area contributed by atoms with Gasteiger partial charge in [-0.1, -0.05) is 0 Å². The SMILES string of the molecule is CS(=O)(=O)C(F)(F)[C-]=CCN.[W]. The molecule has 0 aliphatic carbocycles. The van der Waals surface area contributed by atoms with Gasteiger partial charge in [0.15, 0.2) is 9.84 Å². The zero-order chi connectivity index (χ0) is 9.12. The molecule has 0 bridgehead atoms. The zero-order valence-corrected chi connectivity index (χ0v) is 10.0. The zero-order valence-electron chi connectivity index (χ0n) is 6.25.